The molecule has 0 aromatic rings. The maximum atomic E-state index is 11.4. The van der Waals surface area contributed by atoms with Crippen molar-refractivity contribution in [1.82, 2.24) is 0 Å². The number of ketones is 1. The zero-order valence-corrected chi connectivity index (χ0v) is 8.29. The van der Waals surface area contributed by atoms with E-state index in [0.29, 0.717) is 19.0 Å². The minimum Gasteiger partial charge on any atom is -0.377 e. The standard InChI is InChI=1S/C11H18O2/c1-2-3-8-13-9-10-6-4-5-7-11(10)12/h2-3,10H,4-9H2,1H3/b3-2+. The third-order valence-electron chi connectivity index (χ3n) is 2.45. The van der Waals surface area contributed by atoms with Crippen LogP contribution >= 0.6 is 0 Å². The number of ether oxygens (including phenoxy) is 1. The van der Waals surface area contributed by atoms with Gasteiger partial charge in [-0.15, -0.1) is 0 Å². The van der Waals surface area contributed by atoms with Crippen LogP contribution in [0.15, 0.2) is 12.2 Å². The summed E-state index contributed by atoms with van der Waals surface area (Å²) in [4.78, 5) is 11.4. The Labute approximate surface area is 80.0 Å². The van der Waals surface area contributed by atoms with Gasteiger partial charge in [-0.1, -0.05) is 18.6 Å². The van der Waals surface area contributed by atoms with Gasteiger partial charge in [-0.25, -0.2) is 0 Å². The van der Waals surface area contributed by atoms with E-state index in [9.17, 15) is 4.79 Å². The number of rotatable bonds is 4. The molecule has 1 aliphatic rings. The highest BCUT2D eigenvalue weighted by Gasteiger charge is 2.21. The molecule has 0 bridgehead atoms. The van der Waals surface area contributed by atoms with Crippen LogP contribution in [-0.2, 0) is 9.53 Å². The summed E-state index contributed by atoms with van der Waals surface area (Å²) in [6, 6.07) is 0. The minimum atomic E-state index is 0.180. The Morgan fingerprint density at radius 2 is 2.38 bits per heavy atom. The van der Waals surface area contributed by atoms with E-state index < -0.39 is 0 Å². The molecule has 1 unspecified atom stereocenters. The first-order valence-electron chi connectivity index (χ1n) is 5.06. The Hall–Kier alpha value is -0.630. The lowest BCUT2D eigenvalue weighted by Crippen LogP contribution is -2.23. The minimum absolute atomic E-state index is 0.180. The van der Waals surface area contributed by atoms with Crippen LogP contribution in [0, 0.1) is 5.92 Å². The second-order valence-electron chi connectivity index (χ2n) is 3.52. The van der Waals surface area contributed by atoms with Crippen molar-refractivity contribution < 1.29 is 9.53 Å². The molecule has 0 amide bonds. The van der Waals surface area contributed by atoms with Gasteiger partial charge in [-0.3, -0.25) is 4.79 Å². The molecule has 1 fully saturated rings. The quantitative estimate of drug-likeness (QED) is 0.492. The number of carbonyl (C=O) groups excluding carboxylic acids is 1. The molecule has 1 rings (SSSR count). The zero-order valence-electron chi connectivity index (χ0n) is 8.29. The van der Waals surface area contributed by atoms with Gasteiger partial charge in [-0.05, 0) is 19.8 Å². The summed E-state index contributed by atoms with van der Waals surface area (Å²) in [5.74, 6) is 0.575. The molecule has 0 heterocycles. The molecule has 0 radical (unpaired) electrons. The van der Waals surface area contributed by atoms with Crippen LogP contribution in [-0.4, -0.2) is 19.0 Å². The third-order valence-corrected chi connectivity index (χ3v) is 2.45. The van der Waals surface area contributed by atoms with Crippen LogP contribution < -0.4 is 0 Å². The first-order valence-corrected chi connectivity index (χ1v) is 5.06. The normalized spacial score (nSPS) is 24.1. The number of allylic oxidation sites excluding steroid dienone is 1. The zero-order chi connectivity index (χ0) is 9.52. The Balaban J connectivity index is 2.15. The molecule has 13 heavy (non-hydrogen) atoms. The molecule has 0 spiro atoms. The summed E-state index contributed by atoms with van der Waals surface area (Å²) < 4.78 is 5.38. The molecule has 74 valence electrons. The van der Waals surface area contributed by atoms with Gasteiger partial charge in [0.1, 0.15) is 5.78 Å². The smallest absolute Gasteiger partial charge is 0.138 e. The summed E-state index contributed by atoms with van der Waals surface area (Å²) >= 11 is 0. The molecule has 1 atom stereocenters. The van der Waals surface area contributed by atoms with Gasteiger partial charge in [0.05, 0.1) is 13.2 Å². The van der Waals surface area contributed by atoms with Crippen molar-refractivity contribution in [3.63, 3.8) is 0 Å². The fourth-order valence-corrected chi connectivity index (χ4v) is 1.61. The second kappa shape index (κ2) is 5.92. The maximum Gasteiger partial charge on any atom is 0.138 e. The van der Waals surface area contributed by atoms with Crippen LogP contribution in [0.1, 0.15) is 32.6 Å². The molecule has 0 N–H and O–H groups in total. The van der Waals surface area contributed by atoms with Gasteiger partial charge >= 0.3 is 0 Å². The van der Waals surface area contributed by atoms with Crippen molar-refractivity contribution in [2.45, 2.75) is 32.6 Å². The average molecular weight is 182 g/mol. The lowest BCUT2D eigenvalue weighted by molar-refractivity contribution is -0.126. The molecule has 2 heteroatoms. The van der Waals surface area contributed by atoms with E-state index in [1.807, 2.05) is 19.1 Å². The Morgan fingerprint density at radius 3 is 3.08 bits per heavy atom. The lowest BCUT2D eigenvalue weighted by Gasteiger charge is -2.19. The molecular weight excluding hydrogens is 164 g/mol. The molecule has 1 aliphatic carbocycles. The van der Waals surface area contributed by atoms with Crippen molar-refractivity contribution >= 4 is 5.78 Å². The molecule has 0 saturated heterocycles. The fraction of sp³-hybridized carbons (Fsp3) is 0.727. The van der Waals surface area contributed by atoms with Gasteiger partial charge in [0.2, 0.25) is 0 Å². The second-order valence-corrected chi connectivity index (χ2v) is 3.52. The lowest BCUT2D eigenvalue weighted by atomic mass is 9.89. The van der Waals surface area contributed by atoms with E-state index in [2.05, 4.69) is 0 Å². The molecule has 0 aromatic heterocycles. The van der Waals surface area contributed by atoms with Gasteiger partial charge < -0.3 is 4.74 Å². The van der Waals surface area contributed by atoms with Crippen LogP contribution in [0.4, 0.5) is 0 Å². The van der Waals surface area contributed by atoms with Crippen molar-refractivity contribution in [2.75, 3.05) is 13.2 Å². The first kappa shape index (κ1) is 10.5. The van der Waals surface area contributed by atoms with Crippen LogP contribution in [0.3, 0.4) is 0 Å². The van der Waals surface area contributed by atoms with E-state index in [0.717, 1.165) is 19.3 Å². The Kier molecular flexibility index (Phi) is 4.76. The number of Topliss-reactive ketones (excluding diaryl/α,β-unsaturated/α-hetero) is 1. The van der Waals surface area contributed by atoms with Gasteiger partial charge in [-0.2, -0.15) is 0 Å². The topological polar surface area (TPSA) is 26.3 Å². The highest BCUT2D eigenvalue weighted by molar-refractivity contribution is 5.81. The molecule has 0 aromatic carbocycles. The van der Waals surface area contributed by atoms with Crippen LogP contribution in [0.2, 0.25) is 0 Å². The van der Waals surface area contributed by atoms with Gasteiger partial charge in [0, 0.05) is 12.3 Å². The van der Waals surface area contributed by atoms with Crippen LogP contribution in [0.25, 0.3) is 0 Å². The Bertz CT molecular complexity index is 185. The molecule has 1 saturated carbocycles. The average Bonchev–Trinajstić information content (AvgIpc) is 2.15. The molecule has 2 nitrogen and oxygen atoms in total. The first-order chi connectivity index (χ1) is 6.34. The predicted octanol–water partition coefficient (Wildman–Crippen LogP) is 2.34. The highest BCUT2D eigenvalue weighted by atomic mass is 16.5. The Morgan fingerprint density at radius 1 is 1.54 bits per heavy atom. The fourth-order valence-electron chi connectivity index (χ4n) is 1.61. The predicted molar refractivity (Wildman–Crippen MR) is 52.6 cm³/mol. The highest BCUT2D eigenvalue weighted by Crippen LogP contribution is 2.20. The van der Waals surface area contributed by atoms with Crippen molar-refractivity contribution in [3.8, 4) is 0 Å². The molecular formula is C11H18O2. The summed E-state index contributed by atoms with van der Waals surface area (Å²) in [7, 11) is 0. The van der Waals surface area contributed by atoms with Crippen molar-refractivity contribution in [2.24, 2.45) is 5.92 Å². The van der Waals surface area contributed by atoms with Crippen LogP contribution in [0.5, 0.6) is 0 Å². The maximum absolute atomic E-state index is 11.4. The van der Waals surface area contributed by atoms with Crippen molar-refractivity contribution in [3.05, 3.63) is 12.2 Å². The van der Waals surface area contributed by atoms with E-state index in [1.54, 1.807) is 0 Å². The summed E-state index contributed by atoms with van der Waals surface area (Å²) in [5.41, 5.74) is 0. The summed E-state index contributed by atoms with van der Waals surface area (Å²) in [6.45, 7) is 3.22. The summed E-state index contributed by atoms with van der Waals surface area (Å²) in [6.07, 6.45) is 7.97. The monoisotopic (exact) mass is 182 g/mol. The van der Waals surface area contributed by atoms with E-state index in [-0.39, 0.29) is 5.92 Å². The number of carbonyl (C=O) groups is 1. The van der Waals surface area contributed by atoms with Crippen molar-refractivity contribution in [1.29, 1.82) is 0 Å². The summed E-state index contributed by atoms with van der Waals surface area (Å²) in [5, 5.41) is 0. The largest absolute Gasteiger partial charge is 0.377 e. The van der Waals surface area contributed by atoms with E-state index in [4.69, 9.17) is 4.74 Å². The van der Waals surface area contributed by atoms with Gasteiger partial charge in [0.15, 0.2) is 0 Å². The van der Waals surface area contributed by atoms with Gasteiger partial charge in [0.25, 0.3) is 0 Å². The number of hydrogen-bond donors (Lipinski definition) is 0. The van der Waals surface area contributed by atoms with E-state index in [1.165, 1.54) is 6.42 Å². The third kappa shape index (κ3) is 3.73. The molecule has 0 aliphatic heterocycles. The number of hydrogen-bond acceptors (Lipinski definition) is 2. The van der Waals surface area contributed by atoms with E-state index >= 15 is 0 Å². The SMILES string of the molecule is C/C=C/COCC1CCCCC1=O.